The third-order valence-corrected chi connectivity index (χ3v) is 4.48. The summed E-state index contributed by atoms with van der Waals surface area (Å²) < 4.78 is 0. The van der Waals surface area contributed by atoms with Crippen molar-refractivity contribution < 1.29 is 4.79 Å². The van der Waals surface area contributed by atoms with Crippen molar-refractivity contribution in [3.63, 3.8) is 0 Å². The minimum atomic E-state index is 0.0507. The zero-order chi connectivity index (χ0) is 16.5. The highest BCUT2D eigenvalue weighted by Gasteiger charge is 2.16. The molecule has 0 aliphatic heterocycles. The molecule has 4 nitrogen and oxygen atoms in total. The molecule has 1 aliphatic carbocycles. The molecular weight excluding hydrogens is 286 g/mol. The second kappa shape index (κ2) is 9.53. The number of carbonyl (C=O) groups excluding carboxylic acids is 1. The maximum atomic E-state index is 12.5. The van der Waals surface area contributed by atoms with Crippen LogP contribution in [0.3, 0.4) is 0 Å². The lowest BCUT2D eigenvalue weighted by molar-refractivity contribution is 0.0749. The van der Waals surface area contributed by atoms with Crippen molar-refractivity contribution in [3.05, 3.63) is 24.0 Å². The minimum Gasteiger partial charge on any atom is -0.381 e. The van der Waals surface area contributed by atoms with E-state index in [1.165, 1.54) is 38.5 Å². The Kier molecular flexibility index (Phi) is 7.37. The second-order valence-corrected chi connectivity index (χ2v) is 6.56. The van der Waals surface area contributed by atoms with Gasteiger partial charge in [-0.3, -0.25) is 4.79 Å². The Labute approximate surface area is 140 Å². The Morgan fingerprint density at radius 3 is 2.30 bits per heavy atom. The molecule has 0 aromatic carbocycles. The summed E-state index contributed by atoms with van der Waals surface area (Å²) in [6.07, 6.45) is 11.6. The number of hydrogen-bond donors (Lipinski definition) is 1. The number of rotatable bonds is 7. The summed E-state index contributed by atoms with van der Waals surface area (Å²) in [6, 6.07) is 4.42. The van der Waals surface area contributed by atoms with E-state index >= 15 is 0 Å². The van der Waals surface area contributed by atoms with Gasteiger partial charge in [-0.1, -0.05) is 39.5 Å². The summed E-state index contributed by atoms with van der Waals surface area (Å²) in [5, 5.41) is 3.58. The largest absolute Gasteiger partial charge is 0.381 e. The van der Waals surface area contributed by atoms with E-state index in [0.717, 1.165) is 31.6 Å². The van der Waals surface area contributed by atoms with E-state index in [9.17, 15) is 4.79 Å². The van der Waals surface area contributed by atoms with E-state index in [-0.39, 0.29) is 5.91 Å². The van der Waals surface area contributed by atoms with Crippen molar-refractivity contribution in [2.24, 2.45) is 0 Å². The molecule has 0 unspecified atom stereocenters. The summed E-state index contributed by atoms with van der Waals surface area (Å²) in [7, 11) is 0. The average Bonchev–Trinajstić information content (AvgIpc) is 2.83. The van der Waals surface area contributed by atoms with Crippen molar-refractivity contribution in [3.8, 4) is 0 Å². The van der Waals surface area contributed by atoms with Gasteiger partial charge in [0.1, 0.15) is 5.69 Å². The molecule has 1 fully saturated rings. The highest BCUT2D eigenvalue weighted by molar-refractivity contribution is 5.92. The van der Waals surface area contributed by atoms with E-state index in [0.29, 0.717) is 11.7 Å². The molecule has 0 radical (unpaired) electrons. The van der Waals surface area contributed by atoms with Gasteiger partial charge in [0.15, 0.2) is 0 Å². The minimum absolute atomic E-state index is 0.0507. The van der Waals surface area contributed by atoms with Crippen LogP contribution in [-0.2, 0) is 0 Å². The lowest BCUT2D eigenvalue weighted by atomic mass is 10.1. The van der Waals surface area contributed by atoms with Gasteiger partial charge in [0.25, 0.3) is 5.91 Å². The average molecular weight is 317 g/mol. The Morgan fingerprint density at radius 2 is 1.78 bits per heavy atom. The molecule has 0 spiro atoms. The standard InChI is InChI=1S/C19H31N3O/c1-3-13-22(14-4-2)19(23)18-12-11-17(15-20-18)21-16-9-7-5-6-8-10-16/h11-12,15-16,21H,3-10,13-14H2,1-2H3. The number of pyridine rings is 1. The first kappa shape index (κ1) is 17.8. The predicted octanol–water partition coefficient (Wildman–Crippen LogP) is 4.48. The van der Waals surface area contributed by atoms with E-state index in [1.54, 1.807) is 0 Å². The molecule has 4 heteroatoms. The third kappa shape index (κ3) is 5.52. The quantitative estimate of drug-likeness (QED) is 0.754. The highest BCUT2D eigenvalue weighted by Crippen LogP contribution is 2.21. The smallest absolute Gasteiger partial charge is 0.272 e. The van der Waals surface area contributed by atoms with Crippen LogP contribution < -0.4 is 5.32 Å². The van der Waals surface area contributed by atoms with Gasteiger partial charge < -0.3 is 10.2 Å². The van der Waals surface area contributed by atoms with Crippen LogP contribution in [0.1, 0.15) is 75.7 Å². The molecule has 1 amide bonds. The van der Waals surface area contributed by atoms with Gasteiger partial charge in [-0.2, -0.15) is 0 Å². The Balaban J connectivity index is 1.96. The normalized spacial score (nSPS) is 15.9. The van der Waals surface area contributed by atoms with Crippen LogP contribution in [0.2, 0.25) is 0 Å². The summed E-state index contributed by atoms with van der Waals surface area (Å²) in [4.78, 5) is 18.8. The number of aromatic nitrogens is 1. The molecular formula is C19H31N3O. The maximum absolute atomic E-state index is 12.5. The summed E-state index contributed by atoms with van der Waals surface area (Å²) in [5.41, 5.74) is 1.59. The fourth-order valence-electron chi connectivity index (χ4n) is 3.28. The van der Waals surface area contributed by atoms with Crippen molar-refractivity contribution in [1.82, 2.24) is 9.88 Å². The summed E-state index contributed by atoms with van der Waals surface area (Å²) in [5.74, 6) is 0.0507. The summed E-state index contributed by atoms with van der Waals surface area (Å²) in [6.45, 7) is 5.80. The number of carbonyl (C=O) groups is 1. The van der Waals surface area contributed by atoms with Crippen LogP contribution in [0.5, 0.6) is 0 Å². The lowest BCUT2D eigenvalue weighted by Crippen LogP contribution is -2.33. The molecule has 1 N–H and O–H groups in total. The van der Waals surface area contributed by atoms with Gasteiger partial charge in [-0.15, -0.1) is 0 Å². The molecule has 128 valence electrons. The van der Waals surface area contributed by atoms with E-state index in [4.69, 9.17) is 0 Å². The van der Waals surface area contributed by atoms with Crippen LogP contribution in [0.15, 0.2) is 18.3 Å². The van der Waals surface area contributed by atoms with E-state index in [1.807, 2.05) is 23.2 Å². The zero-order valence-corrected chi connectivity index (χ0v) is 14.7. The van der Waals surface area contributed by atoms with Crippen LogP contribution >= 0.6 is 0 Å². The number of nitrogens with one attached hydrogen (secondary N) is 1. The van der Waals surface area contributed by atoms with Gasteiger partial charge in [0, 0.05) is 19.1 Å². The van der Waals surface area contributed by atoms with Crippen LogP contribution in [0.25, 0.3) is 0 Å². The monoisotopic (exact) mass is 317 g/mol. The van der Waals surface area contributed by atoms with Crippen molar-refractivity contribution in [1.29, 1.82) is 0 Å². The number of anilines is 1. The molecule has 0 bridgehead atoms. The summed E-state index contributed by atoms with van der Waals surface area (Å²) >= 11 is 0. The van der Waals surface area contributed by atoms with Gasteiger partial charge in [-0.05, 0) is 37.8 Å². The molecule has 23 heavy (non-hydrogen) atoms. The topological polar surface area (TPSA) is 45.2 Å². The fourth-order valence-corrected chi connectivity index (χ4v) is 3.28. The van der Waals surface area contributed by atoms with Crippen molar-refractivity contribution >= 4 is 11.6 Å². The second-order valence-electron chi connectivity index (χ2n) is 6.56. The highest BCUT2D eigenvalue weighted by atomic mass is 16.2. The van der Waals surface area contributed by atoms with Gasteiger partial charge in [0.2, 0.25) is 0 Å². The predicted molar refractivity (Wildman–Crippen MR) is 95.8 cm³/mol. The Bertz CT molecular complexity index is 458. The van der Waals surface area contributed by atoms with Crippen LogP contribution in [0.4, 0.5) is 5.69 Å². The molecule has 2 rings (SSSR count). The van der Waals surface area contributed by atoms with Crippen LogP contribution in [-0.4, -0.2) is 34.9 Å². The molecule has 0 saturated heterocycles. The van der Waals surface area contributed by atoms with Crippen molar-refractivity contribution in [2.45, 2.75) is 71.3 Å². The molecule has 1 heterocycles. The van der Waals surface area contributed by atoms with E-state index in [2.05, 4.69) is 24.1 Å². The van der Waals surface area contributed by atoms with Gasteiger partial charge in [0.05, 0.1) is 11.9 Å². The number of nitrogens with zero attached hydrogens (tertiary/aromatic N) is 2. The van der Waals surface area contributed by atoms with Crippen molar-refractivity contribution in [2.75, 3.05) is 18.4 Å². The molecule has 0 atom stereocenters. The van der Waals surface area contributed by atoms with Gasteiger partial charge >= 0.3 is 0 Å². The first-order valence-corrected chi connectivity index (χ1v) is 9.26. The zero-order valence-electron chi connectivity index (χ0n) is 14.7. The Morgan fingerprint density at radius 1 is 1.13 bits per heavy atom. The number of hydrogen-bond acceptors (Lipinski definition) is 3. The van der Waals surface area contributed by atoms with Crippen LogP contribution in [0, 0.1) is 0 Å². The van der Waals surface area contributed by atoms with Gasteiger partial charge in [-0.25, -0.2) is 4.98 Å². The molecule has 1 saturated carbocycles. The molecule has 1 aromatic heterocycles. The molecule has 1 aromatic rings. The Hall–Kier alpha value is -1.58. The fraction of sp³-hybridized carbons (Fsp3) is 0.684. The third-order valence-electron chi connectivity index (χ3n) is 4.48. The number of amides is 1. The van der Waals surface area contributed by atoms with E-state index < -0.39 is 0 Å². The first-order valence-electron chi connectivity index (χ1n) is 9.26. The maximum Gasteiger partial charge on any atom is 0.272 e. The first-order chi connectivity index (χ1) is 11.2. The lowest BCUT2D eigenvalue weighted by Gasteiger charge is -2.21. The SMILES string of the molecule is CCCN(CCC)C(=O)c1ccc(NC2CCCCCC2)cn1. The molecule has 1 aliphatic rings.